The summed E-state index contributed by atoms with van der Waals surface area (Å²) >= 11 is 0. The first kappa shape index (κ1) is 20.6. The molecule has 2 aliphatic rings. The molecule has 1 aromatic carbocycles. The number of piperidine rings is 1. The molecule has 2 amide bonds. The van der Waals surface area contributed by atoms with Crippen molar-refractivity contribution in [1.82, 2.24) is 15.5 Å². The van der Waals surface area contributed by atoms with Crippen LogP contribution in [-0.4, -0.2) is 60.0 Å². The number of piperazine rings is 1. The van der Waals surface area contributed by atoms with E-state index >= 15 is 0 Å². The number of benzene rings is 1. The van der Waals surface area contributed by atoms with Gasteiger partial charge in [0.1, 0.15) is 5.82 Å². The number of rotatable bonds is 2. The van der Waals surface area contributed by atoms with Gasteiger partial charge in [0, 0.05) is 43.3 Å². The minimum absolute atomic E-state index is 0.0394. The summed E-state index contributed by atoms with van der Waals surface area (Å²) in [6, 6.07) is 6.59. The smallest absolute Gasteiger partial charge is 0.312 e. The fraction of sp³-hybridized carbons (Fsp3) is 0.619. The van der Waals surface area contributed by atoms with Gasteiger partial charge in [-0.2, -0.15) is 0 Å². The second-order valence-electron chi connectivity index (χ2n) is 9.20. The summed E-state index contributed by atoms with van der Waals surface area (Å²) in [5.41, 5.74) is 0.334. The minimum Gasteiger partial charge on any atom is -0.366 e. The molecular weight excluding hydrogens is 359 g/mol. The van der Waals surface area contributed by atoms with E-state index in [1.807, 2.05) is 4.90 Å². The molecule has 2 N–H and O–H groups in total. The third-order valence-corrected chi connectivity index (χ3v) is 5.48. The summed E-state index contributed by atoms with van der Waals surface area (Å²) in [6.45, 7) is 10.3. The number of hydrogen-bond donors (Lipinski definition) is 2. The van der Waals surface area contributed by atoms with Crippen molar-refractivity contribution in [2.75, 3.05) is 31.1 Å². The average molecular weight is 391 g/mol. The van der Waals surface area contributed by atoms with Crippen molar-refractivity contribution < 1.29 is 14.0 Å². The highest BCUT2D eigenvalue weighted by molar-refractivity contribution is 6.35. The highest BCUT2D eigenvalue weighted by Crippen LogP contribution is 2.28. The van der Waals surface area contributed by atoms with Crippen LogP contribution in [0.4, 0.5) is 10.1 Å². The van der Waals surface area contributed by atoms with Crippen molar-refractivity contribution in [3.63, 3.8) is 0 Å². The lowest BCUT2D eigenvalue weighted by Gasteiger charge is -2.46. The average Bonchev–Trinajstić information content (AvgIpc) is 2.59. The van der Waals surface area contributed by atoms with Gasteiger partial charge in [-0.25, -0.2) is 4.39 Å². The number of para-hydroxylation sites is 1. The van der Waals surface area contributed by atoms with Crippen molar-refractivity contribution in [2.45, 2.75) is 57.7 Å². The van der Waals surface area contributed by atoms with Crippen molar-refractivity contribution in [1.29, 1.82) is 0 Å². The van der Waals surface area contributed by atoms with Crippen LogP contribution in [0.25, 0.3) is 0 Å². The fourth-order valence-corrected chi connectivity index (χ4v) is 4.67. The standard InChI is InChI=1S/C21H31FN4O2/c1-20(2)13-15(14-21(3,4)24-20)23-18(27)19(28)26-11-9-25(10-12-26)17-8-6-5-7-16(17)22/h5-8,15,24H,9-14H2,1-4H3,(H,23,27). The molecule has 6 nitrogen and oxygen atoms in total. The summed E-state index contributed by atoms with van der Waals surface area (Å²) in [5.74, 6) is -1.31. The van der Waals surface area contributed by atoms with E-state index in [2.05, 4.69) is 38.3 Å². The van der Waals surface area contributed by atoms with Crippen LogP contribution in [0.1, 0.15) is 40.5 Å². The molecule has 154 valence electrons. The summed E-state index contributed by atoms with van der Waals surface area (Å²) < 4.78 is 14.0. The van der Waals surface area contributed by atoms with Gasteiger partial charge < -0.3 is 20.4 Å². The first-order valence-corrected chi connectivity index (χ1v) is 9.95. The number of amides is 2. The number of nitrogens with zero attached hydrogens (tertiary/aromatic N) is 2. The normalized spacial score (nSPS) is 22.0. The summed E-state index contributed by atoms with van der Waals surface area (Å²) in [4.78, 5) is 28.6. The van der Waals surface area contributed by atoms with Gasteiger partial charge in [0.2, 0.25) is 0 Å². The van der Waals surface area contributed by atoms with Crippen molar-refractivity contribution >= 4 is 17.5 Å². The van der Waals surface area contributed by atoms with Crippen LogP contribution in [0, 0.1) is 5.82 Å². The van der Waals surface area contributed by atoms with Gasteiger partial charge in [-0.15, -0.1) is 0 Å². The molecule has 0 saturated carbocycles. The van der Waals surface area contributed by atoms with Gasteiger partial charge in [-0.1, -0.05) is 12.1 Å². The minimum atomic E-state index is -0.544. The van der Waals surface area contributed by atoms with Crippen molar-refractivity contribution in [3.8, 4) is 0 Å². The fourth-order valence-electron chi connectivity index (χ4n) is 4.67. The number of anilines is 1. The monoisotopic (exact) mass is 390 g/mol. The van der Waals surface area contributed by atoms with Crippen LogP contribution in [-0.2, 0) is 9.59 Å². The molecule has 2 aliphatic heterocycles. The van der Waals surface area contributed by atoms with Gasteiger partial charge in [0.05, 0.1) is 5.69 Å². The molecule has 1 aromatic rings. The molecule has 0 unspecified atom stereocenters. The maximum absolute atomic E-state index is 14.0. The van der Waals surface area contributed by atoms with E-state index < -0.39 is 11.8 Å². The Bertz CT molecular complexity index is 726. The lowest BCUT2D eigenvalue weighted by molar-refractivity contribution is -0.146. The topological polar surface area (TPSA) is 64.7 Å². The molecule has 0 aromatic heterocycles. The molecule has 2 heterocycles. The van der Waals surface area contributed by atoms with E-state index in [1.165, 1.54) is 6.07 Å². The third-order valence-electron chi connectivity index (χ3n) is 5.48. The first-order valence-electron chi connectivity index (χ1n) is 9.95. The van der Waals surface area contributed by atoms with Crippen molar-refractivity contribution in [3.05, 3.63) is 30.1 Å². The molecule has 2 fully saturated rings. The zero-order chi connectivity index (χ0) is 20.5. The largest absolute Gasteiger partial charge is 0.366 e. The van der Waals surface area contributed by atoms with E-state index in [4.69, 9.17) is 0 Å². The van der Waals surface area contributed by atoms with Gasteiger partial charge in [0.15, 0.2) is 0 Å². The summed E-state index contributed by atoms with van der Waals surface area (Å²) in [7, 11) is 0. The first-order chi connectivity index (χ1) is 13.1. The molecule has 0 spiro atoms. The molecule has 0 bridgehead atoms. The maximum Gasteiger partial charge on any atom is 0.312 e. The van der Waals surface area contributed by atoms with Crippen LogP contribution in [0.2, 0.25) is 0 Å². The summed E-state index contributed by atoms with van der Waals surface area (Å²) in [5, 5.41) is 6.51. The highest BCUT2D eigenvalue weighted by atomic mass is 19.1. The number of carbonyl (C=O) groups is 2. The Kier molecular flexibility index (Phi) is 5.66. The predicted octanol–water partition coefficient (Wildman–Crippen LogP) is 1.90. The van der Waals surface area contributed by atoms with Gasteiger partial charge in [-0.3, -0.25) is 9.59 Å². The molecule has 0 radical (unpaired) electrons. The highest BCUT2D eigenvalue weighted by Gasteiger charge is 2.39. The number of nitrogens with one attached hydrogen (secondary N) is 2. The Labute approximate surface area is 166 Å². The third kappa shape index (κ3) is 4.82. The zero-order valence-electron chi connectivity index (χ0n) is 17.2. The second kappa shape index (κ2) is 7.70. The maximum atomic E-state index is 14.0. The van der Waals surface area contributed by atoms with E-state index in [0.29, 0.717) is 31.9 Å². The van der Waals surface area contributed by atoms with Gasteiger partial charge in [0.25, 0.3) is 0 Å². The quantitative estimate of drug-likeness (QED) is 0.757. The van der Waals surface area contributed by atoms with Gasteiger partial charge >= 0.3 is 11.8 Å². The van der Waals surface area contributed by atoms with Crippen LogP contribution >= 0.6 is 0 Å². The second-order valence-corrected chi connectivity index (χ2v) is 9.20. The molecule has 28 heavy (non-hydrogen) atoms. The Balaban J connectivity index is 1.55. The van der Waals surface area contributed by atoms with E-state index in [0.717, 1.165) is 12.8 Å². The number of halogens is 1. The number of carbonyl (C=O) groups excluding carboxylic acids is 2. The number of hydrogen-bond acceptors (Lipinski definition) is 4. The molecule has 2 saturated heterocycles. The van der Waals surface area contributed by atoms with Crippen molar-refractivity contribution in [2.24, 2.45) is 0 Å². The van der Waals surface area contributed by atoms with E-state index in [-0.39, 0.29) is 22.9 Å². The lowest BCUT2D eigenvalue weighted by Crippen LogP contribution is -2.63. The van der Waals surface area contributed by atoms with Crippen LogP contribution < -0.4 is 15.5 Å². The summed E-state index contributed by atoms with van der Waals surface area (Å²) in [6.07, 6.45) is 1.55. The predicted molar refractivity (Wildman–Crippen MR) is 108 cm³/mol. The molecule has 0 atom stereocenters. The Morgan fingerprint density at radius 3 is 2.18 bits per heavy atom. The Morgan fingerprint density at radius 1 is 1.04 bits per heavy atom. The van der Waals surface area contributed by atoms with E-state index in [9.17, 15) is 14.0 Å². The Morgan fingerprint density at radius 2 is 1.61 bits per heavy atom. The SMILES string of the molecule is CC1(C)CC(NC(=O)C(=O)N2CCN(c3ccccc3F)CC2)CC(C)(C)N1. The Hall–Kier alpha value is -2.15. The molecule has 0 aliphatic carbocycles. The molecular formula is C21H31FN4O2. The van der Waals surface area contributed by atoms with Crippen LogP contribution in [0.3, 0.4) is 0 Å². The lowest BCUT2D eigenvalue weighted by atomic mass is 9.79. The molecule has 7 heteroatoms. The zero-order valence-corrected chi connectivity index (χ0v) is 17.2. The van der Waals surface area contributed by atoms with Gasteiger partial charge in [-0.05, 0) is 52.7 Å². The molecule has 3 rings (SSSR count). The van der Waals surface area contributed by atoms with E-state index in [1.54, 1.807) is 23.1 Å². The van der Waals surface area contributed by atoms with Crippen LogP contribution in [0.5, 0.6) is 0 Å². The van der Waals surface area contributed by atoms with Crippen LogP contribution in [0.15, 0.2) is 24.3 Å².